The molecular formula is C61H111N3O16. The normalized spacial score (nSPS) is 12.8. The quantitative estimate of drug-likeness (QED) is 0.0314. The predicted molar refractivity (Wildman–Crippen MR) is 308 cm³/mol. The van der Waals surface area contributed by atoms with Crippen LogP contribution in [0.4, 0.5) is 0 Å². The van der Waals surface area contributed by atoms with E-state index in [0.29, 0.717) is 104 Å². The second-order valence-corrected chi connectivity index (χ2v) is 21.5. The van der Waals surface area contributed by atoms with Gasteiger partial charge in [-0.2, -0.15) is 0 Å². The number of nitrogens with zero attached hydrogens (tertiary/aromatic N) is 3. The third-order valence-corrected chi connectivity index (χ3v) is 13.9. The van der Waals surface area contributed by atoms with E-state index in [1.165, 1.54) is 0 Å². The van der Waals surface area contributed by atoms with E-state index in [1.54, 1.807) is 0 Å². The summed E-state index contributed by atoms with van der Waals surface area (Å²) in [6.45, 7) is 21.3. The van der Waals surface area contributed by atoms with E-state index < -0.39 is 0 Å². The van der Waals surface area contributed by atoms with Gasteiger partial charge in [-0.05, 0) is 84.1 Å². The summed E-state index contributed by atoms with van der Waals surface area (Å²) >= 11 is 0. The summed E-state index contributed by atoms with van der Waals surface area (Å²) in [5.41, 5.74) is 0. The van der Waals surface area contributed by atoms with Gasteiger partial charge in [0.1, 0.15) is 0 Å². The number of esters is 8. The summed E-state index contributed by atoms with van der Waals surface area (Å²) in [5, 5.41) is 0. The van der Waals surface area contributed by atoms with Gasteiger partial charge in [-0.1, -0.05) is 107 Å². The minimum absolute atomic E-state index is 0.107. The zero-order valence-electron chi connectivity index (χ0n) is 51.5. The third kappa shape index (κ3) is 44.3. The molecule has 0 saturated carbocycles. The Hall–Kier alpha value is -4.36. The molecule has 0 N–H and O–H groups in total. The summed E-state index contributed by atoms with van der Waals surface area (Å²) in [6.07, 6.45) is 16.1. The van der Waals surface area contributed by atoms with Gasteiger partial charge in [-0.15, -0.1) is 0 Å². The molecule has 0 radical (unpaired) electrons. The molecule has 466 valence electrons. The summed E-state index contributed by atoms with van der Waals surface area (Å²) in [4.78, 5) is 107. The Morgan fingerprint density at radius 1 is 0.287 bits per heavy atom. The predicted octanol–water partition coefficient (Wildman–Crippen LogP) is 9.85. The molecule has 0 spiro atoms. The maximum Gasteiger partial charge on any atom is 0.308 e. The number of ether oxygens (including phenoxy) is 8. The molecule has 4 unspecified atom stereocenters. The molecule has 0 aromatic heterocycles. The van der Waals surface area contributed by atoms with Crippen LogP contribution in [0.2, 0.25) is 0 Å². The lowest BCUT2D eigenvalue weighted by Gasteiger charge is -2.27. The lowest BCUT2D eigenvalue weighted by Crippen LogP contribution is -2.40. The third-order valence-electron chi connectivity index (χ3n) is 13.9. The molecule has 80 heavy (non-hydrogen) atoms. The first-order valence-corrected chi connectivity index (χ1v) is 30.9. The first kappa shape index (κ1) is 75.6. The van der Waals surface area contributed by atoms with Crippen molar-refractivity contribution < 1.29 is 76.3 Å². The maximum absolute atomic E-state index is 12.9. The Kier molecular flexibility index (Phi) is 48.7. The molecular weight excluding hydrogens is 1030 g/mol. The second-order valence-electron chi connectivity index (χ2n) is 21.5. The molecule has 0 heterocycles. The van der Waals surface area contributed by atoms with Crippen LogP contribution in [0.5, 0.6) is 0 Å². The molecule has 0 aliphatic rings. The molecule has 4 atom stereocenters. The summed E-state index contributed by atoms with van der Waals surface area (Å²) in [7, 11) is 1.96. The number of hydrogen-bond donors (Lipinski definition) is 0. The van der Waals surface area contributed by atoms with E-state index in [-0.39, 0.29) is 150 Å². The highest BCUT2D eigenvalue weighted by Crippen LogP contribution is 2.14. The molecule has 0 aliphatic carbocycles. The van der Waals surface area contributed by atoms with Crippen molar-refractivity contribution in [2.24, 2.45) is 23.7 Å². The van der Waals surface area contributed by atoms with Gasteiger partial charge in [-0.3, -0.25) is 38.4 Å². The molecule has 0 aliphatic heterocycles. The van der Waals surface area contributed by atoms with Gasteiger partial charge in [0.2, 0.25) is 0 Å². The standard InChI is InChI=1S/C61H111N3O16/c1-10-14-26-50(5)58(69)77-46-22-18-42-73-54(65)30-34-63(35-31-55(66)74-43-19-23-47-78-59(70)51(6)27-15-11-2)40-38-62(9)39-41-64(36-32-56(67)75-44-20-24-48-79-60(71)52(7)28-16-12-3)37-33-57(68)76-45-21-25-49-80-61(72)53(8)29-17-13-4/h50-53H,10-49H2,1-9H3. The number of unbranched alkanes of at least 4 members (excludes halogenated alkanes) is 8. The lowest BCUT2D eigenvalue weighted by atomic mass is 10.1. The first-order chi connectivity index (χ1) is 38.5. The van der Waals surface area contributed by atoms with Crippen molar-refractivity contribution in [3.05, 3.63) is 0 Å². The average molecular weight is 1140 g/mol. The zero-order chi connectivity index (χ0) is 59.6. The number of likely N-dealkylation sites (N-methyl/N-ethyl adjacent to an activating group) is 1. The summed E-state index contributed by atoms with van der Waals surface area (Å²) in [5.74, 6) is -2.85. The van der Waals surface area contributed by atoms with Crippen LogP contribution >= 0.6 is 0 Å². The van der Waals surface area contributed by atoms with Gasteiger partial charge in [0.25, 0.3) is 0 Å². The molecule has 0 rings (SSSR count). The van der Waals surface area contributed by atoms with Crippen molar-refractivity contribution in [2.45, 2.75) is 209 Å². The number of hydrogen-bond acceptors (Lipinski definition) is 19. The molecule has 0 saturated heterocycles. The van der Waals surface area contributed by atoms with Crippen molar-refractivity contribution in [2.75, 3.05) is 112 Å². The number of carbonyl (C=O) groups is 8. The van der Waals surface area contributed by atoms with Gasteiger partial charge in [0.05, 0.1) is 102 Å². The smallest absolute Gasteiger partial charge is 0.308 e. The Balaban J connectivity index is 5.46. The van der Waals surface area contributed by atoms with Gasteiger partial charge >= 0.3 is 47.8 Å². The van der Waals surface area contributed by atoms with Crippen LogP contribution in [0.3, 0.4) is 0 Å². The Labute approximate surface area is 482 Å². The van der Waals surface area contributed by atoms with Crippen LogP contribution in [-0.2, 0) is 76.3 Å². The van der Waals surface area contributed by atoms with E-state index in [1.807, 2.05) is 44.5 Å². The van der Waals surface area contributed by atoms with Gasteiger partial charge in [-0.25, -0.2) is 0 Å². The van der Waals surface area contributed by atoms with Crippen molar-refractivity contribution in [1.29, 1.82) is 0 Å². The van der Waals surface area contributed by atoms with Crippen LogP contribution in [0.15, 0.2) is 0 Å². The van der Waals surface area contributed by atoms with Crippen molar-refractivity contribution in [1.82, 2.24) is 14.7 Å². The van der Waals surface area contributed by atoms with Crippen molar-refractivity contribution >= 4 is 47.8 Å². The van der Waals surface area contributed by atoms with Gasteiger partial charge in [0, 0.05) is 52.4 Å². The Morgan fingerprint density at radius 2 is 0.487 bits per heavy atom. The molecule has 0 amide bonds. The minimum atomic E-state index is -0.370. The summed E-state index contributed by atoms with van der Waals surface area (Å²) < 4.78 is 43.6. The van der Waals surface area contributed by atoms with E-state index in [0.717, 1.165) is 77.0 Å². The van der Waals surface area contributed by atoms with E-state index in [9.17, 15) is 38.4 Å². The molecule has 19 nitrogen and oxygen atoms in total. The van der Waals surface area contributed by atoms with Crippen molar-refractivity contribution in [3.8, 4) is 0 Å². The highest BCUT2D eigenvalue weighted by molar-refractivity contribution is 5.73. The Bertz CT molecular complexity index is 1430. The lowest BCUT2D eigenvalue weighted by molar-refractivity contribution is -0.149. The molecule has 0 fully saturated rings. The molecule has 19 heteroatoms. The van der Waals surface area contributed by atoms with E-state index in [2.05, 4.69) is 32.6 Å². The van der Waals surface area contributed by atoms with Crippen molar-refractivity contribution in [3.63, 3.8) is 0 Å². The minimum Gasteiger partial charge on any atom is -0.466 e. The average Bonchev–Trinajstić information content (AvgIpc) is 3.44. The fourth-order valence-electron chi connectivity index (χ4n) is 8.03. The maximum atomic E-state index is 12.9. The monoisotopic (exact) mass is 1140 g/mol. The van der Waals surface area contributed by atoms with Crippen LogP contribution in [0.1, 0.15) is 209 Å². The zero-order valence-corrected chi connectivity index (χ0v) is 51.5. The van der Waals surface area contributed by atoms with Crippen LogP contribution in [-0.4, -0.2) is 175 Å². The molecule has 0 aromatic rings. The van der Waals surface area contributed by atoms with Crippen LogP contribution in [0, 0.1) is 23.7 Å². The van der Waals surface area contributed by atoms with Crippen LogP contribution < -0.4 is 0 Å². The van der Waals surface area contributed by atoms with Gasteiger partial charge < -0.3 is 52.6 Å². The first-order valence-electron chi connectivity index (χ1n) is 30.9. The van der Waals surface area contributed by atoms with Gasteiger partial charge in [0.15, 0.2) is 0 Å². The fourth-order valence-corrected chi connectivity index (χ4v) is 8.03. The van der Waals surface area contributed by atoms with E-state index in [4.69, 9.17) is 37.9 Å². The highest BCUT2D eigenvalue weighted by Gasteiger charge is 2.19. The van der Waals surface area contributed by atoms with E-state index >= 15 is 0 Å². The highest BCUT2D eigenvalue weighted by atomic mass is 16.6. The largest absolute Gasteiger partial charge is 0.466 e. The van der Waals surface area contributed by atoms with Crippen LogP contribution in [0.25, 0.3) is 0 Å². The topological polar surface area (TPSA) is 220 Å². The Morgan fingerprint density at radius 3 is 0.688 bits per heavy atom. The SMILES string of the molecule is CCCCC(C)C(=O)OCCCCOC(=O)CCN(CCC(=O)OCCCCOC(=O)C(C)CCCC)CCN(C)CCN(CCC(=O)OCCCCOC(=O)C(C)CCCC)CCC(=O)OCCCCOC(=O)C(C)CCCC. The molecule has 0 aromatic carbocycles. The number of carbonyl (C=O) groups excluding carboxylic acids is 8. The number of rotatable bonds is 54. The molecule has 0 bridgehead atoms. The fraction of sp³-hybridized carbons (Fsp3) is 0.869. The second kappa shape index (κ2) is 51.5. The summed E-state index contributed by atoms with van der Waals surface area (Å²) in [6, 6.07) is 0.